The normalized spacial score (nSPS) is 31.5. The Morgan fingerprint density at radius 2 is 1.81 bits per heavy atom. The molecule has 1 aromatic rings. The molecule has 1 fully saturated rings. The molecule has 0 aromatic heterocycles. The molecule has 0 saturated heterocycles. The van der Waals surface area contributed by atoms with E-state index in [1.54, 1.807) is 0 Å². The summed E-state index contributed by atoms with van der Waals surface area (Å²) in [6.45, 7) is 0. The van der Waals surface area contributed by atoms with Gasteiger partial charge in [-0.1, -0.05) is 11.6 Å². The molecular weight excluding hydrogens is 434 g/mol. The van der Waals surface area contributed by atoms with E-state index in [0.29, 0.717) is 0 Å². The number of nitrogens with two attached hydrogens (primary N) is 2. The lowest BCUT2D eigenvalue weighted by atomic mass is 9.57. The number of primary amides is 1. The van der Waals surface area contributed by atoms with Crippen molar-refractivity contribution in [3.8, 4) is 5.75 Å². The van der Waals surface area contributed by atoms with Gasteiger partial charge >= 0.3 is 0 Å². The molecule has 162 valence electrons. The number of allylic oxidation sites excluding steroid dienone is 1. The minimum Gasteiger partial charge on any atom is -0.507 e. The summed E-state index contributed by atoms with van der Waals surface area (Å²) in [5, 5.41) is 56.7. The smallest absolute Gasteiger partial charge is 0.256 e. The number of hydrazone groups is 1. The number of Topliss-reactive ketones (excluding diaryl/α,β-unsaturated/α-hetero) is 2. The SMILES string of the molecule is N/N=C1\C(O)=C(C(N)=O)C(=O)[C@@]2(O)C(=O)C3=C(O)c4c(O)ccc(Cl)c4[C@@H](O)[C@H]3C[C@@H]12. The van der Waals surface area contributed by atoms with E-state index in [9.17, 15) is 39.9 Å². The van der Waals surface area contributed by atoms with Crippen LogP contribution in [0.1, 0.15) is 23.7 Å². The fraction of sp³-hybridized carbons (Fsp3) is 0.263. The van der Waals surface area contributed by atoms with E-state index >= 15 is 0 Å². The molecule has 4 rings (SSSR count). The lowest BCUT2D eigenvalue weighted by Crippen LogP contribution is -2.64. The molecule has 1 saturated carbocycles. The minimum absolute atomic E-state index is 0.00891. The zero-order chi connectivity index (χ0) is 23.0. The molecule has 0 bridgehead atoms. The molecule has 11 nitrogen and oxygen atoms in total. The first-order valence-electron chi connectivity index (χ1n) is 8.94. The maximum absolute atomic E-state index is 13.4. The number of carbonyl (C=O) groups is 3. The molecule has 4 atom stereocenters. The number of benzene rings is 1. The second kappa shape index (κ2) is 6.54. The van der Waals surface area contributed by atoms with E-state index in [1.807, 2.05) is 0 Å². The van der Waals surface area contributed by atoms with Crippen LogP contribution in [-0.2, 0) is 14.4 Å². The Morgan fingerprint density at radius 3 is 2.39 bits per heavy atom. The van der Waals surface area contributed by atoms with Gasteiger partial charge < -0.3 is 37.1 Å². The molecule has 0 aliphatic heterocycles. The van der Waals surface area contributed by atoms with Gasteiger partial charge in [-0.25, -0.2) is 0 Å². The number of aliphatic hydroxyl groups is 4. The summed E-state index contributed by atoms with van der Waals surface area (Å²) < 4.78 is 0. The van der Waals surface area contributed by atoms with Crippen molar-refractivity contribution in [1.82, 2.24) is 0 Å². The van der Waals surface area contributed by atoms with Gasteiger partial charge in [0.1, 0.15) is 22.8 Å². The lowest BCUT2D eigenvalue weighted by molar-refractivity contribution is -0.155. The van der Waals surface area contributed by atoms with Gasteiger partial charge in [-0.05, 0) is 18.6 Å². The topological polar surface area (TPSA) is 217 Å². The number of amides is 1. The zero-order valence-corrected chi connectivity index (χ0v) is 16.3. The molecule has 0 spiro atoms. The largest absolute Gasteiger partial charge is 0.507 e. The Kier molecular flexibility index (Phi) is 4.40. The number of nitrogens with zero attached hydrogens (tertiary/aromatic N) is 1. The molecular formula is C19H16ClN3O8. The number of hydrogen-bond acceptors (Lipinski definition) is 10. The van der Waals surface area contributed by atoms with Crippen molar-refractivity contribution < 1.29 is 39.9 Å². The number of ketones is 2. The van der Waals surface area contributed by atoms with Gasteiger partial charge in [-0.3, -0.25) is 14.4 Å². The molecule has 0 heterocycles. The Hall–Kier alpha value is -3.41. The van der Waals surface area contributed by atoms with E-state index in [1.165, 1.54) is 6.07 Å². The number of aliphatic hydroxyl groups excluding tert-OH is 3. The van der Waals surface area contributed by atoms with Crippen molar-refractivity contribution in [3.05, 3.63) is 45.2 Å². The van der Waals surface area contributed by atoms with E-state index < -0.39 is 81.6 Å². The third kappa shape index (κ3) is 2.42. The summed E-state index contributed by atoms with van der Waals surface area (Å²) in [6.07, 6.45) is -1.93. The Balaban J connectivity index is 2.02. The quantitative estimate of drug-likeness (QED) is 0.127. The average molecular weight is 450 g/mol. The summed E-state index contributed by atoms with van der Waals surface area (Å²) in [6, 6.07) is 2.41. The Morgan fingerprint density at radius 1 is 1.16 bits per heavy atom. The molecule has 3 aliphatic rings. The number of rotatable bonds is 1. The van der Waals surface area contributed by atoms with Crippen LogP contribution in [0.4, 0.5) is 0 Å². The van der Waals surface area contributed by atoms with Crippen LogP contribution in [0.5, 0.6) is 5.75 Å². The molecule has 9 N–H and O–H groups in total. The summed E-state index contributed by atoms with van der Waals surface area (Å²) in [7, 11) is 0. The van der Waals surface area contributed by atoms with Gasteiger partial charge in [0.05, 0.1) is 17.6 Å². The second-order valence-electron chi connectivity index (χ2n) is 7.48. The van der Waals surface area contributed by atoms with Crippen LogP contribution in [0, 0.1) is 11.8 Å². The molecule has 1 aromatic carbocycles. The van der Waals surface area contributed by atoms with Crippen molar-refractivity contribution in [2.75, 3.05) is 0 Å². The first kappa shape index (κ1) is 20.8. The van der Waals surface area contributed by atoms with E-state index in [2.05, 4.69) is 5.10 Å². The number of aromatic hydroxyl groups is 1. The highest BCUT2D eigenvalue weighted by Crippen LogP contribution is 2.54. The summed E-state index contributed by atoms with van der Waals surface area (Å²) in [5.41, 5.74) is -0.406. The molecule has 1 amide bonds. The number of phenolic OH excluding ortho intramolecular Hbond substituents is 1. The van der Waals surface area contributed by atoms with Gasteiger partial charge in [0.2, 0.25) is 11.6 Å². The van der Waals surface area contributed by atoms with Crippen LogP contribution >= 0.6 is 11.6 Å². The second-order valence-corrected chi connectivity index (χ2v) is 7.89. The molecule has 31 heavy (non-hydrogen) atoms. The number of hydrogen-bond donors (Lipinski definition) is 7. The average Bonchev–Trinajstić information content (AvgIpc) is 2.70. The standard InChI is InChI=1S/C19H16ClN3O8/c20-6-1-2-7(24)10-9(6)13(25)4-3-5-12(23-22)15(27)11(18(21)30)17(29)19(5,31)16(28)8(4)14(10)26/h1-2,4-5,13,24-27,31H,3,22H2,(H2,21,30)/b23-12-/t4-,5-,13-,19-/m0/s1. The minimum atomic E-state index is -2.99. The predicted molar refractivity (Wildman–Crippen MR) is 105 cm³/mol. The molecule has 12 heteroatoms. The zero-order valence-electron chi connectivity index (χ0n) is 15.5. The van der Waals surface area contributed by atoms with Gasteiger partial charge in [0, 0.05) is 22.1 Å². The fourth-order valence-electron chi connectivity index (χ4n) is 4.64. The highest BCUT2D eigenvalue weighted by atomic mass is 35.5. The Bertz CT molecular complexity index is 1190. The number of phenols is 1. The van der Waals surface area contributed by atoms with Crippen LogP contribution in [0.15, 0.2) is 34.1 Å². The van der Waals surface area contributed by atoms with Gasteiger partial charge in [0.25, 0.3) is 5.91 Å². The van der Waals surface area contributed by atoms with Crippen molar-refractivity contribution in [3.63, 3.8) is 0 Å². The third-order valence-electron chi connectivity index (χ3n) is 6.06. The monoisotopic (exact) mass is 449 g/mol. The number of halogens is 1. The van der Waals surface area contributed by atoms with E-state index in [4.69, 9.17) is 23.2 Å². The van der Waals surface area contributed by atoms with Gasteiger partial charge in [-0.2, -0.15) is 5.10 Å². The molecule has 0 radical (unpaired) electrons. The van der Waals surface area contributed by atoms with Gasteiger partial charge in [-0.15, -0.1) is 0 Å². The fourth-order valence-corrected chi connectivity index (χ4v) is 4.91. The highest BCUT2D eigenvalue weighted by molar-refractivity contribution is 6.38. The van der Waals surface area contributed by atoms with Crippen LogP contribution < -0.4 is 11.6 Å². The predicted octanol–water partition coefficient (Wildman–Crippen LogP) is -0.507. The van der Waals surface area contributed by atoms with Crippen LogP contribution in [0.25, 0.3) is 5.76 Å². The maximum atomic E-state index is 13.4. The van der Waals surface area contributed by atoms with Crippen LogP contribution in [0.3, 0.4) is 0 Å². The van der Waals surface area contributed by atoms with E-state index in [0.717, 1.165) is 6.07 Å². The molecule has 0 unspecified atom stereocenters. The van der Waals surface area contributed by atoms with E-state index in [-0.39, 0.29) is 16.1 Å². The van der Waals surface area contributed by atoms with Crippen molar-refractivity contribution in [1.29, 1.82) is 0 Å². The van der Waals surface area contributed by atoms with Crippen molar-refractivity contribution >= 4 is 40.5 Å². The maximum Gasteiger partial charge on any atom is 0.256 e. The summed E-state index contributed by atoms with van der Waals surface area (Å²) in [4.78, 5) is 38.0. The Labute approximate surface area is 178 Å². The van der Waals surface area contributed by atoms with Crippen molar-refractivity contribution in [2.45, 2.75) is 18.1 Å². The summed E-state index contributed by atoms with van der Waals surface area (Å²) in [5.74, 6) is -4.03. The third-order valence-corrected chi connectivity index (χ3v) is 6.39. The van der Waals surface area contributed by atoms with Gasteiger partial charge in [0.15, 0.2) is 11.4 Å². The first-order valence-corrected chi connectivity index (χ1v) is 9.32. The summed E-state index contributed by atoms with van der Waals surface area (Å²) >= 11 is 6.13. The lowest BCUT2D eigenvalue weighted by Gasteiger charge is -2.46. The number of carbonyl (C=O) groups excluding carboxylic acids is 3. The van der Waals surface area contributed by atoms with Crippen LogP contribution in [-0.4, -0.2) is 54.3 Å². The highest BCUT2D eigenvalue weighted by Gasteiger charge is 2.65. The van der Waals surface area contributed by atoms with Crippen molar-refractivity contribution in [2.24, 2.45) is 28.5 Å². The number of fused-ring (bicyclic) bond motifs is 3. The first-order chi connectivity index (χ1) is 14.5. The molecule has 3 aliphatic carbocycles. The van der Waals surface area contributed by atoms with Crippen LogP contribution in [0.2, 0.25) is 5.02 Å².